The number of rotatable bonds is 1. The molecule has 0 aliphatic rings. The van der Waals surface area contributed by atoms with E-state index in [0.717, 1.165) is 6.42 Å². The zero-order valence-electron chi connectivity index (χ0n) is 8.81. The summed E-state index contributed by atoms with van der Waals surface area (Å²) >= 11 is 0. The molecule has 0 aliphatic heterocycles. The summed E-state index contributed by atoms with van der Waals surface area (Å²) in [7, 11) is 2.12. The third-order valence-electron chi connectivity index (χ3n) is 2.34. The van der Waals surface area contributed by atoms with Gasteiger partial charge in [0.25, 0.3) is 0 Å². The van der Waals surface area contributed by atoms with Crippen LogP contribution in [0.1, 0.15) is 39.0 Å². The predicted octanol–water partition coefficient (Wildman–Crippen LogP) is 2.89. The van der Waals surface area contributed by atoms with Crippen molar-refractivity contribution in [1.82, 2.24) is 4.57 Å². The van der Waals surface area contributed by atoms with Crippen molar-refractivity contribution in [1.29, 1.82) is 0 Å². The van der Waals surface area contributed by atoms with Gasteiger partial charge >= 0.3 is 0 Å². The zero-order valence-corrected chi connectivity index (χ0v) is 8.81. The van der Waals surface area contributed by atoms with E-state index in [9.17, 15) is 0 Å². The van der Waals surface area contributed by atoms with E-state index in [1.807, 2.05) is 0 Å². The van der Waals surface area contributed by atoms with Crippen LogP contribution >= 0.6 is 0 Å². The molecule has 0 aliphatic carbocycles. The summed E-state index contributed by atoms with van der Waals surface area (Å²) in [6.07, 6.45) is 3.35. The fraction of sp³-hybridized carbons (Fsp3) is 0.636. The molecule has 0 fully saturated rings. The van der Waals surface area contributed by atoms with E-state index >= 15 is 0 Å². The van der Waals surface area contributed by atoms with Crippen molar-refractivity contribution in [2.75, 3.05) is 0 Å². The second-order valence-corrected chi connectivity index (χ2v) is 4.43. The van der Waals surface area contributed by atoms with Gasteiger partial charge in [0.2, 0.25) is 0 Å². The number of hydrogen-bond donors (Lipinski definition) is 0. The fourth-order valence-corrected chi connectivity index (χ4v) is 1.37. The van der Waals surface area contributed by atoms with Gasteiger partial charge in [-0.2, -0.15) is 0 Å². The number of aromatic nitrogens is 1. The first-order chi connectivity index (χ1) is 5.45. The Balaban J connectivity index is 3.05. The van der Waals surface area contributed by atoms with Crippen LogP contribution in [-0.2, 0) is 18.9 Å². The highest BCUT2D eigenvalue weighted by molar-refractivity contribution is 5.25. The van der Waals surface area contributed by atoms with Crippen molar-refractivity contribution in [2.24, 2.45) is 7.05 Å². The predicted molar refractivity (Wildman–Crippen MR) is 53.5 cm³/mol. The molecule has 0 N–H and O–H groups in total. The highest BCUT2D eigenvalue weighted by Gasteiger charge is 2.15. The van der Waals surface area contributed by atoms with E-state index in [1.165, 1.54) is 11.3 Å². The summed E-state index contributed by atoms with van der Waals surface area (Å²) in [6, 6.07) is 2.31. The molecule has 1 rings (SSSR count). The minimum absolute atomic E-state index is 0.283. The van der Waals surface area contributed by atoms with E-state index < -0.39 is 0 Å². The molecule has 0 saturated heterocycles. The van der Waals surface area contributed by atoms with Gasteiger partial charge in [0.15, 0.2) is 0 Å². The maximum absolute atomic E-state index is 2.31. The molecule has 1 heterocycles. The lowest BCUT2D eigenvalue weighted by atomic mass is 9.89. The van der Waals surface area contributed by atoms with Crippen molar-refractivity contribution < 1.29 is 0 Å². The molecule has 0 bridgehead atoms. The SMILES string of the molecule is CCc1cc(C(C)(C)C)cn1C. The van der Waals surface area contributed by atoms with E-state index in [2.05, 4.69) is 51.6 Å². The summed E-state index contributed by atoms with van der Waals surface area (Å²) in [4.78, 5) is 0. The first kappa shape index (κ1) is 9.37. The number of nitrogens with zero attached hydrogens (tertiary/aromatic N) is 1. The second kappa shape index (κ2) is 2.96. The van der Waals surface area contributed by atoms with Crippen LogP contribution in [0.25, 0.3) is 0 Å². The van der Waals surface area contributed by atoms with Gasteiger partial charge in [-0.05, 0) is 23.5 Å². The van der Waals surface area contributed by atoms with Crippen molar-refractivity contribution in [3.05, 3.63) is 23.5 Å². The molecule has 0 aromatic carbocycles. The average molecular weight is 165 g/mol. The van der Waals surface area contributed by atoms with E-state index in [1.54, 1.807) is 0 Å². The number of aryl methyl sites for hydroxylation is 2. The first-order valence-electron chi connectivity index (χ1n) is 4.61. The fourth-order valence-electron chi connectivity index (χ4n) is 1.37. The van der Waals surface area contributed by atoms with Gasteiger partial charge in [0.1, 0.15) is 0 Å². The molecule has 1 heteroatoms. The van der Waals surface area contributed by atoms with E-state index in [4.69, 9.17) is 0 Å². The summed E-state index contributed by atoms with van der Waals surface area (Å²) in [5, 5.41) is 0. The molecule has 0 atom stereocenters. The Kier molecular flexibility index (Phi) is 2.31. The molecule has 12 heavy (non-hydrogen) atoms. The monoisotopic (exact) mass is 165 g/mol. The van der Waals surface area contributed by atoms with Crippen molar-refractivity contribution in [3.63, 3.8) is 0 Å². The minimum atomic E-state index is 0.283. The van der Waals surface area contributed by atoms with E-state index in [0.29, 0.717) is 0 Å². The molecule has 0 saturated carbocycles. The lowest BCUT2D eigenvalue weighted by Crippen LogP contribution is -2.09. The Morgan fingerprint density at radius 1 is 1.33 bits per heavy atom. The third kappa shape index (κ3) is 1.71. The standard InChI is InChI=1S/C11H19N/c1-6-10-7-9(8-12(10)5)11(2,3)4/h7-8H,6H2,1-5H3. The van der Waals surface area contributed by atoms with Gasteiger partial charge in [-0.1, -0.05) is 27.7 Å². The van der Waals surface area contributed by atoms with Gasteiger partial charge in [-0.15, -0.1) is 0 Å². The van der Waals surface area contributed by atoms with Crippen LogP contribution < -0.4 is 0 Å². The van der Waals surface area contributed by atoms with Crippen LogP contribution in [0.15, 0.2) is 12.3 Å². The molecule has 0 amide bonds. The number of hydrogen-bond acceptors (Lipinski definition) is 0. The second-order valence-electron chi connectivity index (χ2n) is 4.43. The first-order valence-corrected chi connectivity index (χ1v) is 4.61. The Bertz CT molecular complexity index is 263. The van der Waals surface area contributed by atoms with Gasteiger partial charge in [-0.3, -0.25) is 0 Å². The quantitative estimate of drug-likeness (QED) is 0.603. The summed E-state index contributed by atoms with van der Waals surface area (Å²) in [6.45, 7) is 8.95. The van der Waals surface area contributed by atoms with Crippen LogP contribution in [0.4, 0.5) is 0 Å². The average Bonchev–Trinajstić information content (AvgIpc) is 2.29. The third-order valence-corrected chi connectivity index (χ3v) is 2.34. The van der Waals surface area contributed by atoms with Crippen LogP contribution in [0, 0.1) is 0 Å². The summed E-state index contributed by atoms with van der Waals surface area (Å²) in [5.41, 5.74) is 3.13. The molecular weight excluding hydrogens is 146 g/mol. The largest absolute Gasteiger partial charge is 0.354 e. The lowest BCUT2D eigenvalue weighted by molar-refractivity contribution is 0.589. The van der Waals surface area contributed by atoms with Crippen molar-refractivity contribution in [3.8, 4) is 0 Å². The maximum atomic E-state index is 2.31. The van der Waals surface area contributed by atoms with Crippen LogP contribution in [-0.4, -0.2) is 4.57 Å². The molecule has 68 valence electrons. The van der Waals surface area contributed by atoms with Gasteiger partial charge < -0.3 is 4.57 Å². The highest BCUT2D eigenvalue weighted by atomic mass is 14.9. The van der Waals surface area contributed by atoms with Crippen molar-refractivity contribution in [2.45, 2.75) is 39.5 Å². The van der Waals surface area contributed by atoms with Crippen LogP contribution in [0.3, 0.4) is 0 Å². The summed E-state index contributed by atoms with van der Waals surface area (Å²) < 4.78 is 2.22. The Labute approximate surface area is 75.4 Å². The topological polar surface area (TPSA) is 4.93 Å². The summed E-state index contributed by atoms with van der Waals surface area (Å²) in [5.74, 6) is 0. The Morgan fingerprint density at radius 2 is 1.92 bits per heavy atom. The van der Waals surface area contributed by atoms with E-state index in [-0.39, 0.29) is 5.41 Å². The Hall–Kier alpha value is -0.720. The smallest absolute Gasteiger partial charge is 0.0172 e. The Morgan fingerprint density at radius 3 is 2.17 bits per heavy atom. The molecule has 1 aromatic heterocycles. The molecule has 0 spiro atoms. The van der Waals surface area contributed by atoms with Gasteiger partial charge in [0, 0.05) is 18.9 Å². The minimum Gasteiger partial charge on any atom is -0.354 e. The molecule has 1 nitrogen and oxygen atoms in total. The molecule has 1 aromatic rings. The zero-order chi connectivity index (χ0) is 9.35. The van der Waals surface area contributed by atoms with Gasteiger partial charge in [0.05, 0.1) is 0 Å². The van der Waals surface area contributed by atoms with Crippen LogP contribution in [0.5, 0.6) is 0 Å². The highest BCUT2D eigenvalue weighted by Crippen LogP contribution is 2.23. The van der Waals surface area contributed by atoms with Crippen LogP contribution in [0.2, 0.25) is 0 Å². The lowest BCUT2D eigenvalue weighted by Gasteiger charge is -2.15. The molecule has 0 unspecified atom stereocenters. The molecular formula is C11H19N. The normalized spacial score (nSPS) is 12.1. The van der Waals surface area contributed by atoms with Gasteiger partial charge in [-0.25, -0.2) is 0 Å². The maximum Gasteiger partial charge on any atom is 0.0172 e. The molecule has 0 radical (unpaired) electrons. The van der Waals surface area contributed by atoms with Crippen molar-refractivity contribution >= 4 is 0 Å².